The minimum Gasteiger partial charge on any atom is -0.350 e. The molecule has 0 atom stereocenters. The van der Waals surface area contributed by atoms with Crippen molar-refractivity contribution < 1.29 is 13.2 Å². The van der Waals surface area contributed by atoms with Crippen LogP contribution in [-0.4, -0.2) is 25.9 Å². The average molecular weight is 430 g/mol. The second kappa shape index (κ2) is 9.07. The number of hydrogen-bond acceptors (Lipinski definition) is 4. The lowest BCUT2D eigenvalue weighted by Gasteiger charge is -2.24. The first-order chi connectivity index (χ1) is 13.9. The highest BCUT2D eigenvalue weighted by Crippen LogP contribution is 2.25. The van der Waals surface area contributed by atoms with Crippen LogP contribution in [0.3, 0.4) is 0 Å². The normalized spacial score (nSPS) is 11.1. The average Bonchev–Trinajstić information content (AvgIpc) is 2.71. The third kappa shape index (κ3) is 5.34. The summed E-state index contributed by atoms with van der Waals surface area (Å²) < 4.78 is 27.6. The number of rotatable bonds is 7. The number of benzene rings is 2. The minimum atomic E-state index is -3.96. The third-order valence-electron chi connectivity index (χ3n) is 4.19. The zero-order chi connectivity index (χ0) is 20.9. The van der Waals surface area contributed by atoms with Gasteiger partial charge in [0.25, 0.3) is 10.0 Å². The highest BCUT2D eigenvalue weighted by molar-refractivity contribution is 7.92. The lowest BCUT2D eigenvalue weighted by molar-refractivity contribution is -0.119. The fraction of sp³-hybridized carbons (Fsp3) is 0.143. The van der Waals surface area contributed by atoms with Gasteiger partial charge in [-0.15, -0.1) is 0 Å². The Labute approximate surface area is 175 Å². The maximum Gasteiger partial charge on any atom is 0.264 e. The molecule has 0 saturated carbocycles. The Kier molecular flexibility index (Phi) is 6.51. The lowest BCUT2D eigenvalue weighted by Crippen LogP contribution is -2.40. The first-order valence-corrected chi connectivity index (χ1v) is 10.7. The Balaban J connectivity index is 1.87. The van der Waals surface area contributed by atoms with E-state index in [1.807, 2.05) is 19.1 Å². The summed E-state index contributed by atoms with van der Waals surface area (Å²) in [6, 6.07) is 16.5. The second-order valence-corrected chi connectivity index (χ2v) is 8.74. The molecule has 0 radical (unpaired) electrons. The predicted molar refractivity (Wildman–Crippen MR) is 113 cm³/mol. The Morgan fingerprint density at radius 3 is 2.52 bits per heavy atom. The monoisotopic (exact) mass is 429 g/mol. The first-order valence-electron chi connectivity index (χ1n) is 8.87. The van der Waals surface area contributed by atoms with Crippen LogP contribution in [0.2, 0.25) is 5.02 Å². The number of aryl methyl sites for hydroxylation is 1. The fourth-order valence-corrected chi connectivity index (χ4v) is 4.26. The number of anilines is 1. The smallest absolute Gasteiger partial charge is 0.264 e. The summed E-state index contributed by atoms with van der Waals surface area (Å²) in [4.78, 5) is 16.6. The number of aromatic nitrogens is 1. The molecule has 1 aromatic heterocycles. The molecular weight excluding hydrogens is 410 g/mol. The molecule has 0 fully saturated rings. The van der Waals surface area contributed by atoms with E-state index in [4.69, 9.17) is 11.6 Å². The predicted octanol–water partition coefficient (Wildman–Crippen LogP) is 3.56. The third-order valence-corrected chi connectivity index (χ3v) is 6.23. The number of carbonyl (C=O) groups is 1. The fourth-order valence-electron chi connectivity index (χ4n) is 2.72. The molecule has 1 N–H and O–H groups in total. The van der Waals surface area contributed by atoms with Crippen LogP contribution in [0, 0.1) is 6.92 Å². The molecule has 0 saturated heterocycles. The van der Waals surface area contributed by atoms with E-state index < -0.39 is 15.9 Å². The Morgan fingerprint density at radius 2 is 1.86 bits per heavy atom. The van der Waals surface area contributed by atoms with Gasteiger partial charge in [-0.25, -0.2) is 8.42 Å². The maximum absolute atomic E-state index is 13.3. The molecule has 1 heterocycles. The van der Waals surface area contributed by atoms with Crippen LogP contribution in [0.4, 0.5) is 5.69 Å². The van der Waals surface area contributed by atoms with Crippen LogP contribution in [0.5, 0.6) is 0 Å². The van der Waals surface area contributed by atoms with E-state index in [-0.39, 0.29) is 18.0 Å². The molecule has 150 valence electrons. The molecule has 1 amide bonds. The number of carbonyl (C=O) groups excluding carboxylic acids is 1. The van der Waals surface area contributed by atoms with Crippen molar-refractivity contribution in [3.8, 4) is 0 Å². The molecule has 0 unspecified atom stereocenters. The highest BCUT2D eigenvalue weighted by atomic mass is 35.5. The summed E-state index contributed by atoms with van der Waals surface area (Å²) in [6.07, 6.45) is 3.28. The topological polar surface area (TPSA) is 79.4 Å². The molecular formula is C21H20ClN3O3S. The van der Waals surface area contributed by atoms with Crippen LogP contribution in [-0.2, 0) is 21.4 Å². The van der Waals surface area contributed by atoms with Gasteiger partial charge in [-0.2, -0.15) is 0 Å². The van der Waals surface area contributed by atoms with Gasteiger partial charge < -0.3 is 5.32 Å². The van der Waals surface area contributed by atoms with E-state index in [9.17, 15) is 13.2 Å². The first kappa shape index (κ1) is 20.8. The Hall–Kier alpha value is -2.90. The van der Waals surface area contributed by atoms with Gasteiger partial charge in [0.1, 0.15) is 6.54 Å². The lowest BCUT2D eigenvalue weighted by atomic mass is 10.2. The van der Waals surface area contributed by atoms with Crippen LogP contribution >= 0.6 is 11.6 Å². The standard InChI is InChI=1S/C21H20ClN3O3S/c1-16-4-2-6-19(12-16)25(29(27,28)20-9-7-18(22)8-10-20)15-21(26)24-14-17-5-3-11-23-13-17/h2-13H,14-15H2,1H3,(H,24,26). The van der Waals surface area contributed by atoms with Crippen molar-refractivity contribution >= 4 is 33.2 Å². The second-order valence-electron chi connectivity index (χ2n) is 6.44. The molecule has 3 rings (SSSR count). The molecule has 0 aliphatic carbocycles. The summed E-state index contributed by atoms with van der Waals surface area (Å²) >= 11 is 5.89. The van der Waals surface area contributed by atoms with E-state index in [0.29, 0.717) is 10.7 Å². The number of amides is 1. The van der Waals surface area contributed by atoms with Crippen molar-refractivity contribution in [2.24, 2.45) is 0 Å². The summed E-state index contributed by atoms with van der Waals surface area (Å²) in [5, 5.41) is 3.17. The molecule has 0 spiro atoms. The van der Waals surface area contributed by atoms with Gasteiger partial charge in [0, 0.05) is 24.0 Å². The van der Waals surface area contributed by atoms with Crippen molar-refractivity contribution in [2.45, 2.75) is 18.4 Å². The number of nitrogens with one attached hydrogen (secondary N) is 1. The number of nitrogens with zero attached hydrogens (tertiary/aromatic N) is 2. The van der Waals surface area contributed by atoms with Crippen LogP contribution < -0.4 is 9.62 Å². The molecule has 8 heteroatoms. The van der Waals surface area contributed by atoms with E-state index in [0.717, 1.165) is 15.4 Å². The number of hydrogen-bond donors (Lipinski definition) is 1. The quantitative estimate of drug-likeness (QED) is 0.622. The van der Waals surface area contributed by atoms with Crippen LogP contribution in [0.1, 0.15) is 11.1 Å². The summed E-state index contributed by atoms with van der Waals surface area (Å²) in [6.45, 7) is 1.77. The Morgan fingerprint density at radius 1 is 1.10 bits per heavy atom. The van der Waals surface area contributed by atoms with Crippen molar-refractivity contribution in [1.82, 2.24) is 10.3 Å². The van der Waals surface area contributed by atoms with Gasteiger partial charge in [0.05, 0.1) is 10.6 Å². The maximum atomic E-state index is 13.3. The minimum absolute atomic E-state index is 0.0588. The van der Waals surface area contributed by atoms with E-state index >= 15 is 0 Å². The van der Waals surface area contributed by atoms with Crippen molar-refractivity contribution in [2.75, 3.05) is 10.8 Å². The summed E-state index contributed by atoms with van der Waals surface area (Å²) in [7, 11) is -3.96. The molecule has 0 bridgehead atoms. The molecule has 0 aliphatic rings. The van der Waals surface area contributed by atoms with Crippen LogP contribution in [0.15, 0.2) is 78.0 Å². The van der Waals surface area contributed by atoms with Crippen molar-refractivity contribution in [1.29, 1.82) is 0 Å². The summed E-state index contributed by atoms with van der Waals surface area (Å²) in [5.74, 6) is -0.423. The Bertz CT molecular complexity index is 1090. The number of pyridine rings is 1. The van der Waals surface area contributed by atoms with Gasteiger partial charge in [0.2, 0.25) is 5.91 Å². The SMILES string of the molecule is Cc1cccc(N(CC(=O)NCc2cccnc2)S(=O)(=O)c2ccc(Cl)cc2)c1. The zero-order valence-electron chi connectivity index (χ0n) is 15.7. The van der Waals surface area contributed by atoms with Crippen molar-refractivity contribution in [3.05, 3.63) is 89.2 Å². The summed E-state index contributed by atoms with van der Waals surface area (Å²) in [5.41, 5.74) is 2.12. The molecule has 6 nitrogen and oxygen atoms in total. The zero-order valence-corrected chi connectivity index (χ0v) is 17.3. The van der Waals surface area contributed by atoms with E-state index in [2.05, 4.69) is 10.3 Å². The van der Waals surface area contributed by atoms with Gasteiger partial charge in [-0.3, -0.25) is 14.1 Å². The van der Waals surface area contributed by atoms with Crippen molar-refractivity contribution in [3.63, 3.8) is 0 Å². The van der Waals surface area contributed by atoms with Gasteiger partial charge in [-0.1, -0.05) is 29.8 Å². The molecule has 2 aromatic carbocycles. The van der Waals surface area contributed by atoms with Gasteiger partial charge in [-0.05, 0) is 60.5 Å². The molecule has 0 aliphatic heterocycles. The number of sulfonamides is 1. The molecule has 3 aromatic rings. The van der Waals surface area contributed by atoms with Crippen LogP contribution in [0.25, 0.3) is 0 Å². The van der Waals surface area contributed by atoms with Gasteiger partial charge in [0.15, 0.2) is 0 Å². The largest absolute Gasteiger partial charge is 0.350 e. The van der Waals surface area contributed by atoms with E-state index in [1.165, 1.54) is 24.3 Å². The van der Waals surface area contributed by atoms with E-state index in [1.54, 1.807) is 36.7 Å². The molecule has 29 heavy (non-hydrogen) atoms. The number of halogens is 1. The van der Waals surface area contributed by atoms with Gasteiger partial charge >= 0.3 is 0 Å². The highest BCUT2D eigenvalue weighted by Gasteiger charge is 2.27.